The lowest BCUT2D eigenvalue weighted by Gasteiger charge is -2.05. The van der Waals surface area contributed by atoms with Crippen molar-refractivity contribution in [1.29, 1.82) is 0 Å². The van der Waals surface area contributed by atoms with Gasteiger partial charge in [-0.2, -0.15) is 3.71 Å². The predicted molar refractivity (Wildman–Crippen MR) is 51.4 cm³/mol. The van der Waals surface area contributed by atoms with Gasteiger partial charge in [0, 0.05) is 11.4 Å². The third kappa shape index (κ3) is 1.41. The Morgan fingerprint density at radius 3 is 3.00 bits per heavy atom. The molecule has 3 heteroatoms. The molecule has 0 aliphatic carbocycles. The van der Waals surface area contributed by atoms with Crippen molar-refractivity contribution in [2.45, 2.75) is 11.4 Å². The third-order valence-corrected chi connectivity index (χ3v) is 3.81. The van der Waals surface area contributed by atoms with Crippen LogP contribution in [0.25, 0.3) is 0 Å². The lowest BCUT2D eigenvalue weighted by Crippen LogP contribution is -1.95. The van der Waals surface area contributed by atoms with E-state index in [2.05, 4.69) is 34.2 Å². The van der Waals surface area contributed by atoms with Crippen LogP contribution in [-0.2, 0) is 6.54 Å². The van der Waals surface area contributed by atoms with E-state index in [1.54, 1.807) is 11.9 Å². The van der Waals surface area contributed by atoms with E-state index in [-0.39, 0.29) is 0 Å². The third-order valence-electron chi connectivity index (χ3n) is 1.68. The van der Waals surface area contributed by atoms with Crippen molar-refractivity contribution in [1.82, 2.24) is 3.71 Å². The topological polar surface area (TPSA) is 3.24 Å². The summed E-state index contributed by atoms with van der Waals surface area (Å²) in [4.78, 5) is 1.40. The first-order chi connectivity index (χ1) is 5.40. The van der Waals surface area contributed by atoms with Crippen LogP contribution in [0.15, 0.2) is 29.2 Å². The van der Waals surface area contributed by atoms with E-state index in [9.17, 15) is 0 Å². The van der Waals surface area contributed by atoms with Gasteiger partial charge in [0.1, 0.15) is 0 Å². The van der Waals surface area contributed by atoms with Crippen LogP contribution in [0.1, 0.15) is 5.56 Å². The Balaban J connectivity index is 2.27. The van der Waals surface area contributed by atoms with Gasteiger partial charge in [0.25, 0.3) is 0 Å². The fourth-order valence-corrected chi connectivity index (χ4v) is 2.73. The summed E-state index contributed by atoms with van der Waals surface area (Å²) in [5.74, 6) is 0. The van der Waals surface area contributed by atoms with Crippen molar-refractivity contribution in [3.8, 4) is 0 Å². The molecule has 0 saturated carbocycles. The maximum absolute atomic E-state index is 2.28. The molecule has 2 rings (SSSR count). The van der Waals surface area contributed by atoms with E-state index < -0.39 is 0 Å². The average molecular weight is 183 g/mol. The van der Waals surface area contributed by atoms with Gasteiger partial charge in [-0.3, -0.25) is 0 Å². The summed E-state index contributed by atoms with van der Waals surface area (Å²) in [6.07, 6.45) is 2.11. The average Bonchev–Trinajstić information content (AvgIpc) is 2.46. The molecule has 1 aliphatic rings. The van der Waals surface area contributed by atoms with E-state index in [4.69, 9.17) is 0 Å². The summed E-state index contributed by atoms with van der Waals surface area (Å²) in [5.41, 5.74) is 1.45. The molecule has 0 spiro atoms. The fraction of sp³-hybridized carbons (Fsp3) is 0.250. The first-order valence-electron chi connectivity index (χ1n) is 3.47. The first-order valence-corrected chi connectivity index (χ1v) is 5.43. The van der Waals surface area contributed by atoms with Gasteiger partial charge in [0.2, 0.25) is 0 Å². The summed E-state index contributed by atoms with van der Waals surface area (Å²) >= 11 is 3.62. The second-order valence-corrected chi connectivity index (χ2v) is 4.47. The van der Waals surface area contributed by atoms with Crippen molar-refractivity contribution in [2.75, 3.05) is 6.26 Å². The van der Waals surface area contributed by atoms with Gasteiger partial charge in [0.15, 0.2) is 0 Å². The molecular formula is C8H9NS2. The molecule has 1 aromatic rings. The highest BCUT2D eigenvalue weighted by atomic mass is 32.2. The van der Waals surface area contributed by atoms with Gasteiger partial charge in [-0.1, -0.05) is 30.1 Å². The van der Waals surface area contributed by atoms with Gasteiger partial charge >= 0.3 is 0 Å². The Bertz CT molecular complexity index is 237. The second kappa shape index (κ2) is 3.09. The molecule has 11 heavy (non-hydrogen) atoms. The Morgan fingerprint density at radius 1 is 1.45 bits per heavy atom. The van der Waals surface area contributed by atoms with Gasteiger partial charge in [-0.25, -0.2) is 0 Å². The lowest BCUT2D eigenvalue weighted by molar-refractivity contribution is 0.765. The number of rotatable bonds is 1. The molecule has 0 saturated heterocycles. The van der Waals surface area contributed by atoms with Crippen molar-refractivity contribution in [3.63, 3.8) is 0 Å². The highest BCUT2D eigenvalue weighted by Crippen LogP contribution is 2.39. The molecule has 0 N–H and O–H groups in total. The van der Waals surface area contributed by atoms with Crippen LogP contribution < -0.4 is 0 Å². The molecule has 0 unspecified atom stereocenters. The molecule has 0 fully saturated rings. The number of hydrogen-bond donors (Lipinski definition) is 0. The van der Waals surface area contributed by atoms with Crippen LogP contribution in [0, 0.1) is 0 Å². The summed E-state index contributed by atoms with van der Waals surface area (Å²) in [7, 11) is 0. The molecule has 0 aromatic heterocycles. The summed E-state index contributed by atoms with van der Waals surface area (Å²) < 4.78 is 2.28. The van der Waals surface area contributed by atoms with Crippen molar-refractivity contribution in [3.05, 3.63) is 29.8 Å². The predicted octanol–water partition coefficient (Wildman–Crippen LogP) is 2.79. The fourth-order valence-electron chi connectivity index (χ4n) is 1.11. The second-order valence-electron chi connectivity index (χ2n) is 2.37. The van der Waals surface area contributed by atoms with E-state index >= 15 is 0 Å². The first kappa shape index (κ1) is 7.53. The SMILES string of the molecule is CSN1Cc2ccccc2S1. The largest absolute Gasteiger partial charge is 0.186 e. The van der Waals surface area contributed by atoms with Crippen LogP contribution in [-0.4, -0.2) is 9.97 Å². The lowest BCUT2D eigenvalue weighted by atomic mass is 10.2. The quantitative estimate of drug-likeness (QED) is 0.616. The van der Waals surface area contributed by atoms with Gasteiger partial charge in [-0.05, 0) is 29.8 Å². The summed E-state index contributed by atoms with van der Waals surface area (Å²) in [6.45, 7) is 1.07. The normalized spacial score (nSPS) is 16.8. The van der Waals surface area contributed by atoms with E-state index in [0.29, 0.717) is 0 Å². The molecule has 0 amide bonds. The van der Waals surface area contributed by atoms with Crippen LogP contribution in [0.3, 0.4) is 0 Å². The minimum absolute atomic E-state index is 1.07. The molecule has 1 aliphatic heterocycles. The van der Waals surface area contributed by atoms with Crippen LogP contribution >= 0.6 is 23.9 Å². The van der Waals surface area contributed by atoms with E-state index in [1.165, 1.54) is 10.5 Å². The zero-order valence-electron chi connectivity index (χ0n) is 6.28. The zero-order chi connectivity index (χ0) is 7.68. The molecule has 1 aromatic carbocycles. The van der Waals surface area contributed by atoms with Crippen LogP contribution in [0.5, 0.6) is 0 Å². The minimum atomic E-state index is 1.07. The monoisotopic (exact) mass is 183 g/mol. The maximum Gasteiger partial charge on any atom is 0.0468 e. The summed E-state index contributed by atoms with van der Waals surface area (Å²) in [6, 6.07) is 8.56. The molecule has 0 bridgehead atoms. The highest BCUT2D eigenvalue weighted by molar-refractivity contribution is 8.11. The molecule has 58 valence electrons. The van der Waals surface area contributed by atoms with Gasteiger partial charge in [0.05, 0.1) is 0 Å². The van der Waals surface area contributed by atoms with E-state index in [0.717, 1.165) is 6.54 Å². The number of fused-ring (bicyclic) bond motifs is 1. The van der Waals surface area contributed by atoms with Crippen molar-refractivity contribution < 1.29 is 0 Å². The van der Waals surface area contributed by atoms with E-state index in [1.807, 2.05) is 11.9 Å². The summed E-state index contributed by atoms with van der Waals surface area (Å²) in [5, 5.41) is 0. The molecule has 1 heterocycles. The Hall–Kier alpha value is -0.120. The zero-order valence-corrected chi connectivity index (χ0v) is 7.91. The molecular weight excluding hydrogens is 174 g/mol. The number of benzene rings is 1. The van der Waals surface area contributed by atoms with Crippen LogP contribution in [0.2, 0.25) is 0 Å². The standard InChI is InChI=1S/C8H9NS2/c1-10-9-6-7-4-2-3-5-8(7)11-9/h2-5H,6H2,1H3. The number of hydrogen-bond acceptors (Lipinski definition) is 3. The Morgan fingerprint density at radius 2 is 2.27 bits per heavy atom. The highest BCUT2D eigenvalue weighted by Gasteiger charge is 2.17. The van der Waals surface area contributed by atoms with Crippen molar-refractivity contribution >= 4 is 23.9 Å². The smallest absolute Gasteiger partial charge is 0.0468 e. The molecule has 0 radical (unpaired) electrons. The maximum atomic E-state index is 2.28. The molecule has 0 atom stereocenters. The van der Waals surface area contributed by atoms with Gasteiger partial charge < -0.3 is 0 Å². The van der Waals surface area contributed by atoms with Crippen molar-refractivity contribution in [2.24, 2.45) is 0 Å². The number of nitrogens with zero attached hydrogens (tertiary/aromatic N) is 1. The van der Waals surface area contributed by atoms with Gasteiger partial charge in [-0.15, -0.1) is 0 Å². The van der Waals surface area contributed by atoms with Crippen LogP contribution in [0.4, 0.5) is 0 Å². The molecule has 1 nitrogen and oxygen atoms in total. The Labute approximate surface area is 75.4 Å². The minimum Gasteiger partial charge on any atom is -0.186 e. The Kier molecular flexibility index (Phi) is 2.11.